The van der Waals surface area contributed by atoms with Crippen LogP contribution in [-0.4, -0.2) is 40.3 Å². The van der Waals surface area contributed by atoms with Crippen molar-refractivity contribution in [1.29, 1.82) is 0 Å². The first kappa shape index (κ1) is 18.0. The second-order valence-corrected chi connectivity index (χ2v) is 6.83. The maximum atomic E-state index is 12.6. The van der Waals surface area contributed by atoms with E-state index in [2.05, 4.69) is 27.4 Å². The number of nitrogens with zero attached hydrogens (tertiary/aromatic N) is 2. The molecule has 2 aromatic heterocycles. The van der Waals surface area contributed by atoms with Crippen molar-refractivity contribution in [2.75, 3.05) is 19.0 Å². The van der Waals surface area contributed by atoms with E-state index < -0.39 is 0 Å². The zero-order valence-electron chi connectivity index (χ0n) is 15.7. The van der Waals surface area contributed by atoms with E-state index in [4.69, 9.17) is 4.74 Å². The predicted molar refractivity (Wildman–Crippen MR) is 106 cm³/mol. The lowest BCUT2D eigenvalue weighted by Gasteiger charge is -2.27. The zero-order chi connectivity index (χ0) is 19.5. The van der Waals surface area contributed by atoms with Crippen LogP contribution in [0.3, 0.4) is 0 Å². The van der Waals surface area contributed by atoms with Crippen LogP contribution < -0.4 is 10.1 Å². The van der Waals surface area contributed by atoms with Crippen LogP contribution in [0.2, 0.25) is 0 Å². The molecule has 1 aliphatic rings. The number of anilines is 1. The van der Waals surface area contributed by atoms with Gasteiger partial charge >= 0.3 is 0 Å². The number of ether oxygens (including phenoxy) is 1. The van der Waals surface area contributed by atoms with E-state index in [-0.39, 0.29) is 24.7 Å². The number of aromatic nitrogens is 2. The van der Waals surface area contributed by atoms with Crippen LogP contribution in [0, 0.1) is 0 Å². The van der Waals surface area contributed by atoms with Crippen molar-refractivity contribution in [2.24, 2.45) is 0 Å². The summed E-state index contributed by atoms with van der Waals surface area (Å²) in [4.78, 5) is 34.0. The standard InChI is InChI=1S/C21H22N4O3/c1-28-20-8-6-14(12-22-20)23-19(26)7-9-21(27)25-11-10-16-15-4-2-3-5-17(15)24-18(16)13-25/h2-6,8,12,24H,7,9-11,13H2,1H3,(H,23,26). The van der Waals surface area contributed by atoms with Gasteiger partial charge in [0, 0.05) is 42.0 Å². The fraction of sp³-hybridized carbons (Fsp3) is 0.286. The minimum Gasteiger partial charge on any atom is -0.481 e. The number of nitrogens with one attached hydrogen (secondary N) is 2. The van der Waals surface area contributed by atoms with Gasteiger partial charge in [-0.15, -0.1) is 0 Å². The molecular weight excluding hydrogens is 356 g/mol. The molecule has 4 rings (SSSR count). The van der Waals surface area contributed by atoms with Crippen molar-refractivity contribution in [3.05, 3.63) is 53.9 Å². The fourth-order valence-corrected chi connectivity index (χ4v) is 3.58. The quantitative estimate of drug-likeness (QED) is 0.715. The highest BCUT2D eigenvalue weighted by atomic mass is 16.5. The number of methoxy groups -OCH3 is 1. The average molecular weight is 378 g/mol. The molecule has 7 heteroatoms. The molecule has 0 spiro atoms. The number of pyridine rings is 1. The lowest BCUT2D eigenvalue weighted by molar-refractivity contribution is -0.133. The summed E-state index contributed by atoms with van der Waals surface area (Å²) in [6.07, 6.45) is 2.68. The van der Waals surface area contributed by atoms with E-state index in [1.165, 1.54) is 24.3 Å². The molecule has 7 nitrogen and oxygen atoms in total. The molecule has 0 aliphatic carbocycles. The largest absolute Gasteiger partial charge is 0.481 e. The summed E-state index contributed by atoms with van der Waals surface area (Å²) in [5.74, 6) is 0.269. The number of para-hydroxylation sites is 1. The van der Waals surface area contributed by atoms with Crippen molar-refractivity contribution < 1.29 is 14.3 Å². The van der Waals surface area contributed by atoms with Crippen LogP contribution in [0.25, 0.3) is 10.9 Å². The van der Waals surface area contributed by atoms with E-state index in [9.17, 15) is 9.59 Å². The number of hydrogen-bond donors (Lipinski definition) is 2. The normalized spacial score (nSPS) is 13.2. The monoisotopic (exact) mass is 378 g/mol. The molecule has 2 N–H and O–H groups in total. The van der Waals surface area contributed by atoms with Gasteiger partial charge in [-0.2, -0.15) is 0 Å². The lowest BCUT2D eigenvalue weighted by Crippen LogP contribution is -2.36. The van der Waals surface area contributed by atoms with Crippen molar-refractivity contribution in [1.82, 2.24) is 14.9 Å². The Hall–Kier alpha value is -3.35. The van der Waals surface area contributed by atoms with E-state index in [0.717, 1.165) is 17.6 Å². The second kappa shape index (κ2) is 7.72. The van der Waals surface area contributed by atoms with Gasteiger partial charge in [-0.3, -0.25) is 9.59 Å². The maximum Gasteiger partial charge on any atom is 0.224 e. The highest BCUT2D eigenvalue weighted by molar-refractivity contribution is 5.93. The van der Waals surface area contributed by atoms with Crippen LogP contribution >= 0.6 is 0 Å². The molecule has 1 aliphatic heterocycles. The predicted octanol–water partition coefficient (Wildman–Crippen LogP) is 2.88. The SMILES string of the molecule is COc1ccc(NC(=O)CCC(=O)N2CCc3c([nH]c4ccccc34)C2)cn1. The average Bonchev–Trinajstić information content (AvgIpc) is 3.10. The van der Waals surface area contributed by atoms with Gasteiger partial charge in [0.2, 0.25) is 17.7 Å². The molecule has 0 bridgehead atoms. The number of rotatable bonds is 5. The Labute approximate surface area is 162 Å². The molecule has 0 atom stereocenters. The molecule has 28 heavy (non-hydrogen) atoms. The summed E-state index contributed by atoms with van der Waals surface area (Å²) >= 11 is 0. The summed E-state index contributed by atoms with van der Waals surface area (Å²) in [7, 11) is 1.53. The molecule has 0 saturated heterocycles. The Balaban J connectivity index is 1.32. The molecule has 3 aromatic rings. The summed E-state index contributed by atoms with van der Waals surface area (Å²) < 4.78 is 4.99. The van der Waals surface area contributed by atoms with Crippen LogP contribution in [-0.2, 0) is 22.6 Å². The third-order valence-electron chi connectivity index (χ3n) is 5.03. The van der Waals surface area contributed by atoms with Crippen molar-refractivity contribution in [3.63, 3.8) is 0 Å². The topological polar surface area (TPSA) is 87.3 Å². The van der Waals surface area contributed by atoms with Crippen molar-refractivity contribution in [2.45, 2.75) is 25.8 Å². The minimum atomic E-state index is -0.205. The molecule has 1 aromatic carbocycles. The molecule has 2 amide bonds. The summed E-state index contributed by atoms with van der Waals surface area (Å²) in [5, 5.41) is 3.98. The number of hydrogen-bond acceptors (Lipinski definition) is 4. The molecule has 144 valence electrons. The Kier molecular flexibility index (Phi) is 4.97. The van der Waals surface area contributed by atoms with Gasteiger partial charge in [-0.1, -0.05) is 18.2 Å². The lowest BCUT2D eigenvalue weighted by atomic mass is 10.0. The number of fused-ring (bicyclic) bond motifs is 3. The second-order valence-electron chi connectivity index (χ2n) is 6.83. The van der Waals surface area contributed by atoms with Crippen molar-refractivity contribution >= 4 is 28.4 Å². The molecular formula is C21H22N4O3. The molecule has 0 radical (unpaired) electrons. The summed E-state index contributed by atoms with van der Waals surface area (Å²) in [6, 6.07) is 11.6. The number of H-pyrrole nitrogens is 1. The summed E-state index contributed by atoms with van der Waals surface area (Å²) in [5.41, 5.74) is 4.08. The van der Waals surface area contributed by atoms with Gasteiger partial charge in [0.05, 0.1) is 25.5 Å². The number of aromatic amines is 1. The number of amides is 2. The Morgan fingerprint density at radius 1 is 1.21 bits per heavy atom. The van der Waals surface area contributed by atoms with Crippen LogP contribution in [0.4, 0.5) is 5.69 Å². The Bertz CT molecular complexity index is 1010. The van der Waals surface area contributed by atoms with E-state index in [1.807, 2.05) is 17.0 Å². The first-order chi connectivity index (χ1) is 13.6. The van der Waals surface area contributed by atoms with Gasteiger partial charge in [0.15, 0.2) is 0 Å². The number of carbonyl (C=O) groups excluding carboxylic acids is 2. The zero-order valence-corrected chi connectivity index (χ0v) is 15.7. The smallest absolute Gasteiger partial charge is 0.224 e. The molecule has 0 saturated carbocycles. The number of benzene rings is 1. The third-order valence-corrected chi connectivity index (χ3v) is 5.03. The van der Waals surface area contributed by atoms with Gasteiger partial charge in [0.25, 0.3) is 0 Å². The Morgan fingerprint density at radius 3 is 2.86 bits per heavy atom. The van der Waals surface area contributed by atoms with Gasteiger partial charge in [-0.05, 0) is 24.1 Å². The van der Waals surface area contributed by atoms with Crippen molar-refractivity contribution in [3.8, 4) is 5.88 Å². The molecule has 3 heterocycles. The number of carbonyl (C=O) groups is 2. The third kappa shape index (κ3) is 3.69. The molecule has 0 fully saturated rings. The van der Waals surface area contributed by atoms with E-state index in [0.29, 0.717) is 24.7 Å². The van der Waals surface area contributed by atoms with E-state index >= 15 is 0 Å². The fourth-order valence-electron chi connectivity index (χ4n) is 3.58. The van der Waals surface area contributed by atoms with E-state index in [1.54, 1.807) is 12.1 Å². The summed E-state index contributed by atoms with van der Waals surface area (Å²) in [6.45, 7) is 1.24. The highest BCUT2D eigenvalue weighted by Crippen LogP contribution is 2.27. The van der Waals surface area contributed by atoms with Crippen LogP contribution in [0.15, 0.2) is 42.6 Å². The van der Waals surface area contributed by atoms with Gasteiger partial charge in [-0.25, -0.2) is 4.98 Å². The maximum absolute atomic E-state index is 12.6. The minimum absolute atomic E-state index is 0.00712. The van der Waals surface area contributed by atoms with Gasteiger partial charge < -0.3 is 19.9 Å². The first-order valence-corrected chi connectivity index (χ1v) is 9.30. The van der Waals surface area contributed by atoms with Crippen LogP contribution in [0.5, 0.6) is 5.88 Å². The Morgan fingerprint density at radius 2 is 2.07 bits per heavy atom. The first-order valence-electron chi connectivity index (χ1n) is 9.30. The van der Waals surface area contributed by atoms with Gasteiger partial charge in [0.1, 0.15) is 0 Å². The van der Waals surface area contributed by atoms with Crippen LogP contribution in [0.1, 0.15) is 24.1 Å². The molecule has 0 unspecified atom stereocenters. The highest BCUT2D eigenvalue weighted by Gasteiger charge is 2.24.